The summed E-state index contributed by atoms with van der Waals surface area (Å²) in [7, 11) is 0. The van der Waals surface area contributed by atoms with Crippen molar-refractivity contribution in [2.45, 2.75) is 46.1 Å². The SMILES string of the molecule is Cc1cc(/C=C/c2ccc3c(c2)CCCN3C(=O)OC(C)(C)C)cc(F)c1O. The van der Waals surface area contributed by atoms with Crippen molar-refractivity contribution in [3.8, 4) is 5.75 Å². The van der Waals surface area contributed by atoms with Gasteiger partial charge in [-0.1, -0.05) is 18.2 Å². The fraction of sp³-hybridized carbons (Fsp3) is 0.348. The van der Waals surface area contributed by atoms with Crippen LogP contribution >= 0.6 is 0 Å². The first-order chi connectivity index (χ1) is 13.1. The topological polar surface area (TPSA) is 49.8 Å². The first kappa shape index (κ1) is 19.9. The van der Waals surface area contributed by atoms with Crippen molar-refractivity contribution in [1.82, 2.24) is 0 Å². The van der Waals surface area contributed by atoms with Crippen molar-refractivity contribution < 1.29 is 19.0 Å². The molecule has 0 atom stereocenters. The molecule has 4 nitrogen and oxygen atoms in total. The number of aryl methyl sites for hydroxylation is 2. The Balaban J connectivity index is 1.82. The van der Waals surface area contributed by atoms with Crippen LogP contribution in [0.5, 0.6) is 5.75 Å². The molecule has 5 heteroatoms. The van der Waals surface area contributed by atoms with E-state index in [2.05, 4.69) is 0 Å². The zero-order chi connectivity index (χ0) is 20.5. The molecule has 0 radical (unpaired) electrons. The lowest BCUT2D eigenvalue weighted by Gasteiger charge is -2.31. The second-order valence-corrected chi connectivity index (χ2v) is 8.13. The highest BCUT2D eigenvalue weighted by Gasteiger charge is 2.27. The molecule has 1 N–H and O–H groups in total. The van der Waals surface area contributed by atoms with E-state index >= 15 is 0 Å². The number of benzene rings is 2. The van der Waals surface area contributed by atoms with Crippen LogP contribution in [0.3, 0.4) is 0 Å². The van der Waals surface area contributed by atoms with Crippen LogP contribution in [-0.4, -0.2) is 23.3 Å². The average Bonchev–Trinajstić information content (AvgIpc) is 2.62. The largest absolute Gasteiger partial charge is 0.505 e. The van der Waals surface area contributed by atoms with Crippen LogP contribution in [-0.2, 0) is 11.2 Å². The van der Waals surface area contributed by atoms with Gasteiger partial charge in [0.1, 0.15) is 5.60 Å². The Morgan fingerprint density at radius 1 is 1.18 bits per heavy atom. The van der Waals surface area contributed by atoms with E-state index in [-0.39, 0.29) is 11.8 Å². The van der Waals surface area contributed by atoms with Gasteiger partial charge in [-0.3, -0.25) is 4.90 Å². The van der Waals surface area contributed by atoms with Crippen LogP contribution in [0, 0.1) is 12.7 Å². The van der Waals surface area contributed by atoms with Crippen LogP contribution in [0.25, 0.3) is 12.2 Å². The number of ether oxygens (including phenoxy) is 1. The van der Waals surface area contributed by atoms with Crippen molar-refractivity contribution in [3.63, 3.8) is 0 Å². The Labute approximate surface area is 165 Å². The Kier molecular flexibility index (Phi) is 5.45. The van der Waals surface area contributed by atoms with Crippen LogP contribution in [0.2, 0.25) is 0 Å². The van der Waals surface area contributed by atoms with E-state index in [4.69, 9.17) is 4.74 Å². The highest BCUT2D eigenvalue weighted by molar-refractivity contribution is 5.90. The number of fused-ring (bicyclic) bond motifs is 1. The Hall–Kier alpha value is -2.82. The van der Waals surface area contributed by atoms with Gasteiger partial charge in [0.15, 0.2) is 11.6 Å². The quantitative estimate of drug-likeness (QED) is 0.677. The van der Waals surface area contributed by atoms with E-state index < -0.39 is 11.4 Å². The van der Waals surface area contributed by atoms with Crippen molar-refractivity contribution in [1.29, 1.82) is 0 Å². The maximum atomic E-state index is 13.7. The molecule has 1 heterocycles. The minimum atomic E-state index is -0.627. The van der Waals surface area contributed by atoms with Crippen molar-refractivity contribution in [2.24, 2.45) is 0 Å². The third-order valence-corrected chi connectivity index (χ3v) is 4.58. The Bertz CT molecular complexity index is 905. The molecule has 0 saturated heterocycles. The number of carbonyl (C=O) groups is 1. The van der Waals surface area contributed by atoms with Gasteiger partial charge >= 0.3 is 6.09 Å². The first-order valence-electron chi connectivity index (χ1n) is 9.45. The van der Waals surface area contributed by atoms with Crippen LogP contribution < -0.4 is 4.90 Å². The Morgan fingerprint density at radius 2 is 1.89 bits per heavy atom. The van der Waals surface area contributed by atoms with Crippen molar-refractivity contribution in [2.75, 3.05) is 11.4 Å². The monoisotopic (exact) mass is 383 g/mol. The van der Waals surface area contributed by atoms with Gasteiger partial charge in [0.25, 0.3) is 0 Å². The van der Waals surface area contributed by atoms with Crippen LogP contribution in [0.15, 0.2) is 30.3 Å². The second kappa shape index (κ2) is 7.66. The predicted octanol–water partition coefficient (Wildman–Crippen LogP) is 5.70. The number of aromatic hydroxyl groups is 1. The predicted molar refractivity (Wildman–Crippen MR) is 110 cm³/mol. The first-order valence-corrected chi connectivity index (χ1v) is 9.45. The summed E-state index contributed by atoms with van der Waals surface area (Å²) in [5, 5.41) is 9.55. The maximum Gasteiger partial charge on any atom is 0.414 e. The molecule has 2 aromatic carbocycles. The number of phenolic OH excluding ortho intramolecular Hbond substituents is 1. The zero-order valence-corrected chi connectivity index (χ0v) is 16.8. The normalized spacial score (nSPS) is 14.2. The van der Waals surface area contributed by atoms with Gasteiger partial charge < -0.3 is 9.84 Å². The van der Waals surface area contributed by atoms with Crippen molar-refractivity contribution >= 4 is 23.9 Å². The summed E-state index contributed by atoms with van der Waals surface area (Å²) in [5.41, 5.74) is 3.58. The summed E-state index contributed by atoms with van der Waals surface area (Å²) in [6.45, 7) is 7.88. The number of rotatable bonds is 2. The highest BCUT2D eigenvalue weighted by Crippen LogP contribution is 2.30. The number of hydrogen-bond donors (Lipinski definition) is 1. The summed E-state index contributed by atoms with van der Waals surface area (Å²) < 4.78 is 19.2. The fourth-order valence-electron chi connectivity index (χ4n) is 3.28. The standard InChI is InChI=1S/C23H26FNO3/c1-15-12-17(14-19(24)21(15)26)8-7-16-9-10-20-18(13-16)6-5-11-25(20)22(27)28-23(2,3)4/h7-10,12-14,26H,5-6,11H2,1-4H3/b8-7+. The van der Waals surface area contributed by atoms with Gasteiger partial charge in [-0.2, -0.15) is 0 Å². The fourth-order valence-corrected chi connectivity index (χ4v) is 3.28. The lowest BCUT2D eigenvalue weighted by molar-refractivity contribution is 0.0578. The van der Waals surface area contributed by atoms with E-state index in [9.17, 15) is 14.3 Å². The minimum Gasteiger partial charge on any atom is -0.505 e. The lowest BCUT2D eigenvalue weighted by Crippen LogP contribution is -2.39. The van der Waals surface area contributed by atoms with E-state index in [1.807, 2.05) is 51.1 Å². The van der Waals surface area contributed by atoms with Gasteiger partial charge in [0, 0.05) is 6.54 Å². The molecule has 3 rings (SSSR count). The third-order valence-electron chi connectivity index (χ3n) is 4.58. The molecule has 148 valence electrons. The van der Waals surface area contributed by atoms with E-state index in [1.54, 1.807) is 17.9 Å². The molecule has 1 amide bonds. The molecule has 0 aromatic heterocycles. The van der Waals surface area contributed by atoms with Crippen LogP contribution in [0.1, 0.15) is 49.4 Å². The molecular formula is C23H26FNO3. The molecule has 0 bridgehead atoms. The van der Waals surface area contributed by atoms with Gasteiger partial charge in [-0.05, 0) is 87.1 Å². The molecule has 0 unspecified atom stereocenters. The molecule has 1 aliphatic rings. The van der Waals surface area contributed by atoms with Gasteiger partial charge in [0.2, 0.25) is 0 Å². The summed E-state index contributed by atoms with van der Waals surface area (Å²) in [6, 6.07) is 8.95. The van der Waals surface area contributed by atoms with E-state index in [0.29, 0.717) is 17.7 Å². The average molecular weight is 383 g/mol. The molecule has 0 aliphatic carbocycles. The molecule has 0 fully saturated rings. The van der Waals surface area contributed by atoms with Gasteiger partial charge in [0.05, 0.1) is 5.69 Å². The molecule has 1 aliphatic heterocycles. The second-order valence-electron chi connectivity index (χ2n) is 8.13. The van der Waals surface area contributed by atoms with Gasteiger partial charge in [-0.15, -0.1) is 0 Å². The molecule has 0 saturated carbocycles. The molecule has 0 spiro atoms. The smallest absolute Gasteiger partial charge is 0.414 e. The lowest BCUT2D eigenvalue weighted by atomic mass is 9.99. The minimum absolute atomic E-state index is 0.312. The molecule has 2 aromatic rings. The van der Waals surface area contributed by atoms with E-state index in [0.717, 1.165) is 29.7 Å². The zero-order valence-electron chi connectivity index (χ0n) is 16.8. The number of carbonyl (C=O) groups excluding carboxylic acids is 1. The number of anilines is 1. The highest BCUT2D eigenvalue weighted by atomic mass is 19.1. The van der Waals surface area contributed by atoms with Crippen LogP contribution in [0.4, 0.5) is 14.9 Å². The third kappa shape index (κ3) is 4.53. The Morgan fingerprint density at radius 3 is 2.57 bits per heavy atom. The van der Waals surface area contributed by atoms with E-state index in [1.165, 1.54) is 6.07 Å². The van der Waals surface area contributed by atoms with Gasteiger partial charge in [-0.25, -0.2) is 9.18 Å². The molecular weight excluding hydrogens is 357 g/mol. The number of phenols is 1. The number of hydrogen-bond acceptors (Lipinski definition) is 3. The van der Waals surface area contributed by atoms with Crippen molar-refractivity contribution in [3.05, 3.63) is 58.4 Å². The summed E-state index contributed by atoms with van der Waals surface area (Å²) >= 11 is 0. The summed E-state index contributed by atoms with van der Waals surface area (Å²) in [4.78, 5) is 14.2. The number of halogens is 1. The number of amides is 1. The summed E-state index contributed by atoms with van der Waals surface area (Å²) in [6.07, 6.45) is 5.15. The number of nitrogens with zero attached hydrogens (tertiary/aromatic N) is 1. The summed E-state index contributed by atoms with van der Waals surface area (Å²) in [5.74, 6) is -0.939. The maximum absolute atomic E-state index is 13.7. The molecule has 28 heavy (non-hydrogen) atoms.